The molecule has 4 heteroatoms. The highest BCUT2D eigenvalue weighted by atomic mass is 16.5. The SMILES string of the molecule is COc1ccc(-c2cc(C)c(CN3CCN(C(c4ccccc4)c4ccccc4)CC3)o2)cc1. The van der Waals surface area contributed by atoms with E-state index in [0.29, 0.717) is 0 Å². The maximum atomic E-state index is 6.29. The van der Waals surface area contributed by atoms with Gasteiger partial charge in [-0.05, 0) is 53.9 Å². The van der Waals surface area contributed by atoms with Gasteiger partial charge in [-0.25, -0.2) is 0 Å². The van der Waals surface area contributed by atoms with E-state index in [-0.39, 0.29) is 6.04 Å². The van der Waals surface area contributed by atoms with Crippen LogP contribution in [0, 0.1) is 6.92 Å². The first-order valence-electron chi connectivity index (χ1n) is 12.0. The molecule has 1 aliphatic heterocycles. The molecule has 0 N–H and O–H groups in total. The minimum absolute atomic E-state index is 0.288. The summed E-state index contributed by atoms with van der Waals surface area (Å²) in [5, 5.41) is 0. The Morgan fingerprint density at radius 1 is 0.794 bits per heavy atom. The smallest absolute Gasteiger partial charge is 0.134 e. The molecule has 0 spiro atoms. The predicted octanol–water partition coefficient (Wildman–Crippen LogP) is 6.17. The first-order chi connectivity index (χ1) is 16.7. The molecule has 1 fully saturated rings. The zero-order valence-electron chi connectivity index (χ0n) is 20.0. The third-order valence-electron chi connectivity index (χ3n) is 6.76. The first kappa shape index (κ1) is 22.5. The van der Waals surface area contributed by atoms with Gasteiger partial charge in [0.25, 0.3) is 0 Å². The van der Waals surface area contributed by atoms with Crippen LogP contribution in [0.1, 0.15) is 28.5 Å². The molecule has 0 aliphatic carbocycles. The Morgan fingerprint density at radius 2 is 1.38 bits per heavy atom. The Balaban J connectivity index is 1.26. The molecule has 1 aliphatic rings. The summed E-state index contributed by atoms with van der Waals surface area (Å²) >= 11 is 0. The molecule has 1 aromatic heterocycles. The van der Waals surface area contributed by atoms with Crippen LogP contribution in [-0.2, 0) is 6.54 Å². The lowest BCUT2D eigenvalue weighted by atomic mass is 9.96. The van der Waals surface area contributed by atoms with E-state index in [0.717, 1.165) is 55.6 Å². The lowest BCUT2D eigenvalue weighted by Gasteiger charge is -2.39. The Kier molecular flexibility index (Phi) is 6.79. The molecule has 0 amide bonds. The summed E-state index contributed by atoms with van der Waals surface area (Å²) in [6.07, 6.45) is 0. The van der Waals surface area contributed by atoms with Crippen LogP contribution in [0.25, 0.3) is 11.3 Å². The highest BCUT2D eigenvalue weighted by Gasteiger charge is 2.27. The van der Waals surface area contributed by atoms with Gasteiger partial charge in [0, 0.05) is 31.7 Å². The van der Waals surface area contributed by atoms with Crippen LogP contribution in [0.4, 0.5) is 0 Å². The van der Waals surface area contributed by atoms with Gasteiger partial charge in [0.15, 0.2) is 0 Å². The molecule has 4 aromatic rings. The van der Waals surface area contributed by atoms with Gasteiger partial charge in [-0.2, -0.15) is 0 Å². The summed E-state index contributed by atoms with van der Waals surface area (Å²) in [7, 11) is 1.69. The standard InChI is InChI=1S/C30H32N2O2/c1-23-21-28(24-13-15-27(33-2)16-14-24)34-29(23)22-31-17-19-32(20-18-31)30(25-9-5-3-6-10-25)26-11-7-4-8-12-26/h3-16,21,30H,17-20,22H2,1-2H3. The number of hydrogen-bond acceptors (Lipinski definition) is 4. The van der Waals surface area contributed by atoms with Crippen molar-refractivity contribution >= 4 is 0 Å². The molecule has 0 unspecified atom stereocenters. The van der Waals surface area contributed by atoms with E-state index >= 15 is 0 Å². The maximum Gasteiger partial charge on any atom is 0.134 e. The van der Waals surface area contributed by atoms with Crippen LogP contribution < -0.4 is 4.74 Å². The number of hydrogen-bond donors (Lipinski definition) is 0. The van der Waals surface area contributed by atoms with Gasteiger partial charge in [-0.15, -0.1) is 0 Å². The van der Waals surface area contributed by atoms with Crippen LogP contribution in [0.15, 0.2) is 95.4 Å². The monoisotopic (exact) mass is 452 g/mol. The summed E-state index contributed by atoms with van der Waals surface area (Å²) in [6, 6.07) is 32.2. The molecule has 1 saturated heterocycles. The number of rotatable bonds is 7. The second-order valence-corrected chi connectivity index (χ2v) is 8.98. The van der Waals surface area contributed by atoms with E-state index in [2.05, 4.69) is 83.5 Å². The average molecular weight is 453 g/mol. The average Bonchev–Trinajstić information content (AvgIpc) is 3.26. The fraction of sp³-hybridized carbons (Fsp3) is 0.267. The topological polar surface area (TPSA) is 28.9 Å². The molecule has 4 nitrogen and oxygen atoms in total. The first-order valence-corrected chi connectivity index (χ1v) is 12.0. The number of piperazine rings is 1. The summed E-state index contributed by atoms with van der Waals surface area (Å²) < 4.78 is 11.6. The van der Waals surface area contributed by atoms with Gasteiger partial charge in [-0.1, -0.05) is 60.7 Å². The molecule has 2 heterocycles. The predicted molar refractivity (Wildman–Crippen MR) is 137 cm³/mol. The largest absolute Gasteiger partial charge is 0.497 e. The van der Waals surface area contributed by atoms with E-state index in [4.69, 9.17) is 9.15 Å². The Morgan fingerprint density at radius 3 is 1.94 bits per heavy atom. The van der Waals surface area contributed by atoms with Crippen molar-refractivity contribution in [1.29, 1.82) is 0 Å². The molecule has 5 rings (SSSR count). The second-order valence-electron chi connectivity index (χ2n) is 8.98. The van der Waals surface area contributed by atoms with Crippen LogP contribution in [0.2, 0.25) is 0 Å². The lowest BCUT2D eigenvalue weighted by molar-refractivity contribution is 0.0997. The summed E-state index contributed by atoms with van der Waals surface area (Å²) in [5.41, 5.74) is 4.99. The van der Waals surface area contributed by atoms with E-state index < -0.39 is 0 Å². The van der Waals surface area contributed by atoms with Gasteiger partial charge < -0.3 is 9.15 Å². The van der Waals surface area contributed by atoms with E-state index in [1.165, 1.54) is 16.7 Å². The number of aryl methyl sites for hydroxylation is 1. The van der Waals surface area contributed by atoms with Crippen molar-refractivity contribution in [2.45, 2.75) is 19.5 Å². The van der Waals surface area contributed by atoms with Crippen molar-refractivity contribution < 1.29 is 9.15 Å². The fourth-order valence-electron chi connectivity index (χ4n) is 4.84. The van der Waals surface area contributed by atoms with E-state index in [1.54, 1.807) is 7.11 Å². The molecule has 0 radical (unpaired) electrons. The van der Waals surface area contributed by atoms with Crippen molar-refractivity contribution in [1.82, 2.24) is 9.80 Å². The molecule has 3 aromatic carbocycles. The highest BCUT2D eigenvalue weighted by Crippen LogP contribution is 2.31. The van der Waals surface area contributed by atoms with Gasteiger partial charge in [0.1, 0.15) is 17.3 Å². The Labute approximate surface area is 202 Å². The summed E-state index contributed by atoms with van der Waals surface area (Å²) in [6.45, 7) is 7.08. The van der Waals surface area contributed by atoms with E-state index in [9.17, 15) is 0 Å². The van der Waals surface area contributed by atoms with Gasteiger partial charge >= 0.3 is 0 Å². The molecule has 0 saturated carbocycles. The molecule has 174 valence electrons. The molecular formula is C30H32N2O2. The van der Waals surface area contributed by atoms with Crippen molar-refractivity contribution in [2.75, 3.05) is 33.3 Å². The van der Waals surface area contributed by atoms with Crippen LogP contribution >= 0.6 is 0 Å². The van der Waals surface area contributed by atoms with Crippen molar-refractivity contribution in [2.24, 2.45) is 0 Å². The number of methoxy groups -OCH3 is 1. The van der Waals surface area contributed by atoms with Crippen LogP contribution in [0.3, 0.4) is 0 Å². The van der Waals surface area contributed by atoms with E-state index in [1.807, 2.05) is 24.3 Å². The van der Waals surface area contributed by atoms with Gasteiger partial charge in [-0.3, -0.25) is 9.80 Å². The number of ether oxygens (including phenoxy) is 1. The van der Waals surface area contributed by atoms with Gasteiger partial charge in [0.2, 0.25) is 0 Å². The second kappa shape index (κ2) is 10.3. The Bertz CT molecular complexity index is 1140. The number of nitrogens with zero attached hydrogens (tertiary/aromatic N) is 2. The third kappa shape index (κ3) is 4.93. The number of benzene rings is 3. The Hall–Kier alpha value is -3.34. The quantitative estimate of drug-likeness (QED) is 0.335. The van der Waals surface area contributed by atoms with Crippen molar-refractivity contribution in [3.05, 3.63) is 113 Å². The molecular weight excluding hydrogens is 420 g/mol. The molecule has 34 heavy (non-hydrogen) atoms. The minimum Gasteiger partial charge on any atom is -0.497 e. The molecule has 0 bridgehead atoms. The van der Waals surface area contributed by atoms with Crippen molar-refractivity contribution in [3.63, 3.8) is 0 Å². The molecule has 0 atom stereocenters. The summed E-state index contributed by atoms with van der Waals surface area (Å²) in [4.78, 5) is 5.12. The summed E-state index contributed by atoms with van der Waals surface area (Å²) in [5.74, 6) is 2.83. The highest BCUT2D eigenvalue weighted by molar-refractivity contribution is 5.60. The van der Waals surface area contributed by atoms with Gasteiger partial charge in [0.05, 0.1) is 19.7 Å². The fourth-order valence-corrected chi connectivity index (χ4v) is 4.84. The normalized spacial score (nSPS) is 15.0. The zero-order valence-corrected chi connectivity index (χ0v) is 20.0. The van der Waals surface area contributed by atoms with Crippen LogP contribution in [0.5, 0.6) is 5.75 Å². The van der Waals surface area contributed by atoms with Crippen LogP contribution in [-0.4, -0.2) is 43.1 Å². The third-order valence-corrected chi connectivity index (χ3v) is 6.76. The maximum absolute atomic E-state index is 6.29. The number of furan rings is 1. The zero-order chi connectivity index (χ0) is 23.3. The minimum atomic E-state index is 0.288. The van der Waals surface area contributed by atoms with Crippen molar-refractivity contribution in [3.8, 4) is 17.1 Å². The lowest BCUT2D eigenvalue weighted by Crippen LogP contribution is -2.47.